The van der Waals surface area contributed by atoms with Crippen molar-refractivity contribution in [2.24, 2.45) is 51.2 Å². The van der Waals surface area contributed by atoms with Crippen LogP contribution in [-0.2, 0) is 4.79 Å². The van der Waals surface area contributed by atoms with Crippen LogP contribution in [0.25, 0.3) is 0 Å². The summed E-state index contributed by atoms with van der Waals surface area (Å²) < 4.78 is 0. The van der Waals surface area contributed by atoms with E-state index in [4.69, 9.17) is 0 Å². The predicted octanol–water partition coefficient (Wildman–Crippen LogP) is 5.76. The lowest BCUT2D eigenvalue weighted by Gasteiger charge is -2.66. The van der Waals surface area contributed by atoms with Gasteiger partial charge in [0.2, 0.25) is 0 Å². The minimum Gasteiger partial charge on any atom is -0.393 e. The highest BCUT2D eigenvalue weighted by molar-refractivity contribution is 5.85. The van der Waals surface area contributed by atoms with E-state index in [9.17, 15) is 20.1 Å². The number of carbonyl (C=O) groups excluding carboxylic acids is 1. The van der Waals surface area contributed by atoms with Gasteiger partial charge in [-0.15, -0.1) is 0 Å². The number of aliphatic hydroxyl groups excluding tert-OH is 2. The molecule has 0 aromatic heterocycles. The average Bonchev–Trinajstić information content (AvgIpc) is 3.06. The minimum absolute atomic E-state index is 0.178. The van der Waals surface area contributed by atoms with Gasteiger partial charge < -0.3 is 15.3 Å². The van der Waals surface area contributed by atoms with Gasteiger partial charge in [0.15, 0.2) is 0 Å². The first kappa shape index (κ1) is 26.6. The molecule has 4 aliphatic rings. The molecule has 0 aromatic rings. The highest BCUT2D eigenvalue weighted by atomic mass is 16.4. The van der Waals surface area contributed by atoms with Crippen molar-refractivity contribution in [3.63, 3.8) is 0 Å². The molecule has 0 saturated heterocycles. The monoisotopic (exact) mass is 476 g/mol. The van der Waals surface area contributed by atoms with E-state index in [2.05, 4.69) is 41.5 Å². The molecule has 4 aliphatic carbocycles. The van der Waals surface area contributed by atoms with E-state index in [-0.39, 0.29) is 10.8 Å². The van der Waals surface area contributed by atoms with Gasteiger partial charge in [-0.2, -0.15) is 0 Å². The van der Waals surface area contributed by atoms with Crippen LogP contribution >= 0.6 is 0 Å². The first-order chi connectivity index (χ1) is 15.6. The third kappa shape index (κ3) is 3.67. The molecule has 196 valence electrons. The van der Waals surface area contributed by atoms with Crippen molar-refractivity contribution < 1.29 is 20.1 Å². The van der Waals surface area contributed by atoms with E-state index < -0.39 is 18.3 Å². The summed E-state index contributed by atoms with van der Waals surface area (Å²) in [6.45, 7) is 15.6. The van der Waals surface area contributed by atoms with Crippen molar-refractivity contribution in [3.05, 3.63) is 0 Å². The highest BCUT2D eigenvalue weighted by Crippen LogP contribution is 2.74. The van der Waals surface area contributed by atoms with Crippen LogP contribution in [0.5, 0.6) is 0 Å². The van der Waals surface area contributed by atoms with E-state index in [1.54, 1.807) is 0 Å². The second kappa shape index (κ2) is 8.55. The quantitative estimate of drug-likeness (QED) is 0.455. The molecule has 4 heteroatoms. The number of fused-ring (bicyclic) bond motifs is 5. The number of aliphatic hydroxyl groups is 3. The fraction of sp³-hybridized carbons (Fsp3) is 0.967. The number of hydrogen-bond acceptors (Lipinski definition) is 4. The molecule has 4 fully saturated rings. The van der Waals surface area contributed by atoms with E-state index in [0.717, 1.165) is 31.1 Å². The van der Waals surface area contributed by atoms with Crippen molar-refractivity contribution in [1.29, 1.82) is 0 Å². The number of carbonyl (C=O) groups is 1. The van der Waals surface area contributed by atoms with Crippen molar-refractivity contribution in [1.82, 2.24) is 0 Å². The summed E-state index contributed by atoms with van der Waals surface area (Å²) >= 11 is 0. The topological polar surface area (TPSA) is 77.8 Å². The Bertz CT molecular complexity index is 789. The fourth-order valence-corrected chi connectivity index (χ4v) is 10.3. The Hall–Kier alpha value is -0.450. The standard InChI is InChI=1S/C30H52O4/c1-19(8-11-25(33)30(7,34)18-31)20-12-16-29(6)22-9-10-23-26(2,3)24(32)14-15-27(23,4)21(22)13-17-28(20,29)5/h19-23,25,31,33-34H,8-18H2,1-7H3/t19-,20-,21+,22-,23+,25+,27-,28-,29+,30?/m1/s1. The zero-order valence-corrected chi connectivity index (χ0v) is 23.0. The van der Waals surface area contributed by atoms with Gasteiger partial charge in [0.05, 0.1) is 12.7 Å². The Morgan fingerprint density at radius 3 is 2.24 bits per heavy atom. The van der Waals surface area contributed by atoms with Crippen LogP contribution in [0.4, 0.5) is 0 Å². The zero-order chi connectivity index (χ0) is 25.3. The van der Waals surface area contributed by atoms with Gasteiger partial charge in [-0.25, -0.2) is 0 Å². The Morgan fingerprint density at radius 2 is 1.59 bits per heavy atom. The minimum atomic E-state index is -1.42. The lowest BCUT2D eigenvalue weighted by molar-refractivity contribution is -0.183. The van der Waals surface area contributed by atoms with Gasteiger partial charge in [-0.3, -0.25) is 4.79 Å². The zero-order valence-electron chi connectivity index (χ0n) is 23.0. The first-order valence-electron chi connectivity index (χ1n) is 14.2. The Labute approximate surface area is 208 Å². The second-order valence-electron chi connectivity index (χ2n) is 14.6. The van der Waals surface area contributed by atoms with E-state index in [1.807, 2.05) is 0 Å². The van der Waals surface area contributed by atoms with Crippen LogP contribution in [0.1, 0.15) is 113 Å². The van der Waals surface area contributed by atoms with Crippen molar-refractivity contribution in [2.75, 3.05) is 6.61 Å². The van der Waals surface area contributed by atoms with Crippen LogP contribution in [-0.4, -0.2) is 39.4 Å². The molecule has 0 aromatic carbocycles. The van der Waals surface area contributed by atoms with E-state index >= 15 is 0 Å². The number of ketones is 1. The summed E-state index contributed by atoms with van der Waals surface area (Å²) in [5, 5.41) is 30.1. The van der Waals surface area contributed by atoms with Crippen LogP contribution in [0.15, 0.2) is 0 Å². The Morgan fingerprint density at radius 1 is 0.941 bits per heavy atom. The fourth-order valence-electron chi connectivity index (χ4n) is 10.3. The molecule has 10 atom stereocenters. The van der Waals surface area contributed by atoms with Crippen LogP contribution < -0.4 is 0 Å². The number of Topliss-reactive ketones (excluding diaryl/α,β-unsaturated/α-hetero) is 1. The maximum atomic E-state index is 12.8. The van der Waals surface area contributed by atoms with Crippen molar-refractivity contribution in [2.45, 2.75) is 124 Å². The third-order valence-electron chi connectivity index (χ3n) is 12.9. The maximum absolute atomic E-state index is 12.8. The Kier molecular flexibility index (Phi) is 6.69. The average molecular weight is 477 g/mol. The molecule has 34 heavy (non-hydrogen) atoms. The van der Waals surface area contributed by atoms with Gasteiger partial charge in [-0.05, 0) is 111 Å². The molecular formula is C30H52O4. The molecule has 0 amide bonds. The predicted molar refractivity (Wildman–Crippen MR) is 136 cm³/mol. The summed E-state index contributed by atoms with van der Waals surface area (Å²) in [7, 11) is 0. The molecular weight excluding hydrogens is 424 g/mol. The molecule has 3 N–H and O–H groups in total. The number of rotatable bonds is 6. The van der Waals surface area contributed by atoms with E-state index in [1.165, 1.54) is 45.4 Å². The molecule has 4 saturated carbocycles. The summed E-state index contributed by atoms with van der Waals surface area (Å²) in [5.41, 5.74) is -0.669. The molecule has 0 radical (unpaired) electrons. The maximum Gasteiger partial charge on any atom is 0.138 e. The van der Waals surface area contributed by atoms with E-state index in [0.29, 0.717) is 40.8 Å². The van der Waals surface area contributed by atoms with Gasteiger partial charge >= 0.3 is 0 Å². The Balaban J connectivity index is 1.53. The third-order valence-corrected chi connectivity index (χ3v) is 12.9. The first-order valence-corrected chi connectivity index (χ1v) is 14.2. The largest absolute Gasteiger partial charge is 0.393 e. The van der Waals surface area contributed by atoms with Gasteiger partial charge in [0.25, 0.3) is 0 Å². The molecule has 4 rings (SSSR count). The second-order valence-corrected chi connectivity index (χ2v) is 14.6. The number of hydrogen-bond donors (Lipinski definition) is 3. The normalized spacial score (nSPS) is 47.2. The van der Waals surface area contributed by atoms with Gasteiger partial charge in [-0.1, -0.05) is 41.5 Å². The van der Waals surface area contributed by atoms with Gasteiger partial charge in [0.1, 0.15) is 11.4 Å². The molecule has 0 bridgehead atoms. The summed E-state index contributed by atoms with van der Waals surface area (Å²) in [6.07, 6.45) is 9.96. The summed E-state index contributed by atoms with van der Waals surface area (Å²) in [6, 6.07) is 0. The van der Waals surface area contributed by atoms with Crippen LogP contribution in [0, 0.1) is 51.2 Å². The molecule has 4 nitrogen and oxygen atoms in total. The van der Waals surface area contributed by atoms with Crippen LogP contribution in [0.3, 0.4) is 0 Å². The summed E-state index contributed by atoms with van der Waals surface area (Å²) in [5.74, 6) is 3.61. The van der Waals surface area contributed by atoms with Gasteiger partial charge in [0, 0.05) is 11.8 Å². The van der Waals surface area contributed by atoms with Crippen LogP contribution in [0.2, 0.25) is 0 Å². The molecule has 1 unspecified atom stereocenters. The molecule has 0 spiro atoms. The molecule has 0 aliphatic heterocycles. The SMILES string of the molecule is C[C@H](CC[C@H](O)C(C)(O)CO)[C@H]1CC[C@@]2(C)[C@@H]3CC[C@H]4C(C)(C)C(=O)CC[C@]4(C)[C@H]3CC[C@]12C. The van der Waals surface area contributed by atoms with Crippen molar-refractivity contribution in [3.8, 4) is 0 Å². The lowest BCUT2D eigenvalue weighted by Crippen LogP contribution is -2.61. The summed E-state index contributed by atoms with van der Waals surface area (Å²) in [4.78, 5) is 12.8. The highest BCUT2D eigenvalue weighted by Gasteiger charge is 2.67. The molecule has 0 heterocycles. The smallest absolute Gasteiger partial charge is 0.138 e. The lowest BCUT2D eigenvalue weighted by atomic mass is 9.38. The van der Waals surface area contributed by atoms with Crippen molar-refractivity contribution >= 4 is 5.78 Å².